The standard InChI is InChI=1S/C15H12F3NO2/c1-9-5-6-13(19)12(7-9)14(20)10-3-2-4-11(8-10)21-15(16,17)18/h2-8H,19H2,1H3. The molecule has 0 atom stereocenters. The highest BCUT2D eigenvalue weighted by Gasteiger charge is 2.31. The van der Waals surface area contributed by atoms with Crippen molar-refractivity contribution in [3.8, 4) is 5.75 Å². The first-order valence-corrected chi connectivity index (χ1v) is 6.03. The number of carbonyl (C=O) groups excluding carboxylic acids is 1. The lowest BCUT2D eigenvalue weighted by molar-refractivity contribution is -0.274. The number of ether oxygens (including phenoxy) is 1. The van der Waals surface area contributed by atoms with Gasteiger partial charge < -0.3 is 10.5 Å². The summed E-state index contributed by atoms with van der Waals surface area (Å²) in [7, 11) is 0. The summed E-state index contributed by atoms with van der Waals surface area (Å²) in [4.78, 5) is 12.3. The largest absolute Gasteiger partial charge is 0.573 e. The summed E-state index contributed by atoms with van der Waals surface area (Å²) in [6.45, 7) is 1.79. The molecular weight excluding hydrogens is 283 g/mol. The molecule has 0 spiro atoms. The Morgan fingerprint density at radius 3 is 2.52 bits per heavy atom. The highest BCUT2D eigenvalue weighted by molar-refractivity contribution is 6.12. The third-order valence-corrected chi connectivity index (χ3v) is 2.78. The van der Waals surface area contributed by atoms with Crippen LogP contribution >= 0.6 is 0 Å². The minimum absolute atomic E-state index is 0.0778. The smallest absolute Gasteiger partial charge is 0.406 e. The molecule has 0 bridgehead atoms. The Balaban J connectivity index is 2.35. The Morgan fingerprint density at radius 1 is 1.14 bits per heavy atom. The van der Waals surface area contributed by atoms with Crippen LogP contribution in [-0.2, 0) is 0 Å². The molecule has 6 heteroatoms. The topological polar surface area (TPSA) is 52.3 Å². The van der Waals surface area contributed by atoms with Crippen molar-refractivity contribution < 1.29 is 22.7 Å². The molecule has 0 fully saturated rings. The Hall–Kier alpha value is -2.50. The number of rotatable bonds is 3. The van der Waals surface area contributed by atoms with Crippen LogP contribution in [0, 0.1) is 6.92 Å². The van der Waals surface area contributed by atoms with E-state index >= 15 is 0 Å². The molecule has 2 rings (SSSR count). The van der Waals surface area contributed by atoms with Crippen LogP contribution in [0.4, 0.5) is 18.9 Å². The Kier molecular flexibility index (Phi) is 3.88. The van der Waals surface area contributed by atoms with E-state index in [1.165, 1.54) is 12.1 Å². The molecule has 0 amide bonds. The predicted molar refractivity (Wildman–Crippen MR) is 72.1 cm³/mol. The molecule has 2 aromatic carbocycles. The molecule has 0 saturated heterocycles. The van der Waals surface area contributed by atoms with E-state index in [2.05, 4.69) is 4.74 Å². The van der Waals surface area contributed by atoms with Crippen LogP contribution in [0.25, 0.3) is 0 Å². The normalized spacial score (nSPS) is 11.2. The van der Waals surface area contributed by atoms with Crippen molar-refractivity contribution >= 4 is 11.5 Å². The molecule has 0 aliphatic carbocycles. The summed E-state index contributed by atoms with van der Waals surface area (Å²) in [5.41, 5.74) is 7.16. The van der Waals surface area contributed by atoms with E-state index in [0.717, 1.165) is 17.7 Å². The van der Waals surface area contributed by atoms with Crippen LogP contribution in [0.5, 0.6) is 5.75 Å². The van der Waals surface area contributed by atoms with Crippen LogP contribution in [0.3, 0.4) is 0 Å². The number of aryl methyl sites for hydroxylation is 1. The van der Waals surface area contributed by atoms with Crippen molar-refractivity contribution in [2.24, 2.45) is 0 Å². The van der Waals surface area contributed by atoms with Gasteiger partial charge in [0.05, 0.1) is 0 Å². The second-order valence-corrected chi connectivity index (χ2v) is 4.50. The molecule has 3 nitrogen and oxygen atoms in total. The van der Waals surface area contributed by atoms with Gasteiger partial charge in [-0.25, -0.2) is 0 Å². The first-order valence-electron chi connectivity index (χ1n) is 6.03. The minimum Gasteiger partial charge on any atom is -0.406 e. The maximum atomic E-state index is 12.3. The molecule has 0 heterocycles. The zero-order valence-corrected chi connectivity index (χ0v) is 11.1. The molecular formula is C15H12F3NO2. The van der Waals surface area contributed by atoms with Gasteiger partial charge in [-0.05, 0) is 31.2 Å². The van der Waals surface area contributed by atoms with Gasteiger partial charge in [-0.2, -0.15) is 0 Å². The average Bonchev–Trinajstić information content (AvgIpc) is 2.39. The van der Waals surface area contributed by atoms with Gasteiger partial charge in [0.2, 0.25) is 0 Å². The third kappa shape index (κ3) is 3.75. The summed E-state index contributed by atoms with van der Waals surface area (Å²) in [5, 5.41) is 0. The van der Waals surface area contributed by atoms with E-state index in [0.29, 0.717) is 0 Å². The van der Waals surface area contributed by atoms with Crippen molar-refractivity contribution in [1.82, 2.24) is 0 Å². The number of anilines is 1. The minimum atomic E-state index is -4.80. The van der Waals surface area contributed by atoms with Gasteiger partial charge in [0, 0.05) is 16.8 Å². The summed E-state index contributed by atoms with van der Waals surface area (Å²) in [6, 6.07) is 9.82. The van der Waals surface area contributed by atoms with E-state index in [1.54, 1.807) is 25.1 Å². The van der Waals surface area contributed by atoms with E-state index in [4.69, 9.17) is 5.73 Å². The van der Waals surface area contributed by atoms with Crippen LogP contribution in [0.15, 0.2) is 42.5 Å². The molecule has 21 heavy (non-hydrogen) atoms. The molecule has 0 aliphatic heterocycles. The fourth-order valence-electron chi connectivity index (χ4n) is 1.86. The SMILES string of the molecule is Cc1ccc(N)c(C(=O)c2cccc(OC(F)(F)F)c2)c1. The molecule has 0 radical (unpaired) electrons. The van der Waals surface area contributed by atoms with E-state index in [9.17, 15) is 18.0 Å². The van der Waals surface area contributed by atoms with Gasteiger partial charge in [0.15, 0.2) is 5.78 Å². The number of halogens is 3. The maximum absolute atomic E-state index is 12.3. The first-order chi connectivity index (χ1) is 9.76. The Bertz CT molecular complexity index is 681. The summed E-state index contributed by atoms with van der Waals surface area (Å²) >= 11 is 0. The fraction of sp³-hybridized carbons (Fsp3) is 0.133. The molecule has 2 aromatic rings. The van der Waals surface area contributed by atoms with Crippen molar-refractivity contribution in [2.45, 2.75) is 13.3 Å². The quantitative estimate of drug-likeness (QED) is 0.693. The number of carbonyl (C=O) groups is 1. The van der Waals surface area contributed by atoms with Crippen LogP contribution in [0.2, 0.25) is 0 Å². The van der Waals surface area contributed by atoms with Crippen molar-refractivity contribution in [3.05, 3.63) is 59.2 Å². The molecule has 0 aromatic heterocycles. The lowest BCUT2D eigenvalue weighted by atomic mass is 10.00. The van der Waals surface area contributed by atoms with Gasteiger partial charge in [-0.3, -0.25) is 4.79 Å². The first kappa shape index (κ1) is 14.9. The number of nitrogen functional groups attached to an aromatic ring is 1. The number of hydrogen-bond acceptors (Lipinski definition) is 3. The van der Waals surface area contributed by atoms with Gasteiger partial charge in [0.1, 0.15) is 5.75 Å². The molecule has 110 valence electrons. The fourth-order valence-corrected chi connectivity index (χ4v) is 1.86. The third-order valence-electron chi connectivity index (χ3n) is 2.78. The average molecular weight is 295 g/mol. The van der Waals surface area contributed by atoms with Crippen molar-refractivity contribution in [2.75, 3.05) is 5.73 Å². The van der Waals surface area contributed by atoms with Gasteiger partial charge >= 0.3 is 6.36 Å². The maximum Gasteiger partial charge on any atom is 0.573 e. The number of hydrogen-bond donors (Lipinski definition) is 1. The Morgan fingerprint density at radius 2 is 1.86 bits per heavy atom. The van der Waals surface area contributed by atoms with Gasteiger partial charge in [0.25, 0.3) is 0 Å². The van der Waals surface area contributed by atoms with Crippen LogP contribution < -0.4 is 10.5 Å². The van der Waals surface area contributed by atoms with Gasteiger partial charge in [-0.15, -0.1) is 13.2 Å². The van der Waals surface area contributed by atoms with E-state index in [-0.39, 0.29) is 16.8 Å². The number of ketones is 1. The predicted octanol–water partition coefficient (Wildman–Crippen LogP) is 3.71. The molecule has 0 unspecified atom stereocenters. The number of benzene rings is 2. The van der Waals surface area contributed by atoms with E-state index < -0.39 is 17.9 Å². The number of alkyl halides is 3. The van der Waals surface area contributed by atoms with Crippen LogP contribution in [-0.4, -0.2) is 12.1 Å². The molecule has 2 N–H and O–H groups in total. The monoisotopic (exact) mass is 295 g/mol. The Labute approximate surface area is 119 Å². The molecule has 0 aliphatic rings. The second kappa shape index (κ2) is 5.47. The lowest BCUT2D eigenvalue weighted by Crippen LogP contribution is -2.17. The van der Waals surface area contributed by atoms with Gasteiger partial charge in [-0.1, -0.05) is 23.8 Å². The second-order valence-electron chi connectivity index (χ2n) is 4.50. The highest BCUT2D eigenvalue weighted by Crippen LogP contribution is 2.25. The van der Waals surface area contributed by atoms with Crippen LogP contribution in [0.1, 0.15) is 21.5 Å². The van der Waals surface area contributed by atoms with Crippen molar-refractivity contribution in [1.29, 1.82) is 0 Å². The van der Waals surface area contributed by atoms with E-state index in [1.807, 2.05) is 0 Å². The molecule has 0 saturated carbocycles. The summed E-state index contributed by atoms with van der Waals surface area (Å²) in [5.74, 6) is -0.900. The zero-order chi connectivity index (χ0) is 15.6. The van der Waals surface area contributed by atoms with Crippen molar-refractivity contribution in [3.63, 3.8) is 0 Å². The highest BCUT2D eigenvalue weighted by atomic mass is 19.4. The summed E-state index contributed by atoms with van der Waals surface area (Å²) < 4.78 is 40.4. The lowest BCUT2D eigenvalue weighted by Gasteiger charge is -2.10. The summed E-state index contributed by atoms with van der Waals surface area (Å²) in [6.07, 6.45) is -4.80. The zero-order valence-electron chi connectivity index (χ0n) is 11.1. The number of nitrogens with two attached hydrogens (primary N) is 1.